The molecule has 1 aromatic carbocycles. The van der Waals surface area contributed by atoms with Crippen LogP contribution in [0.2, 0.25) is 0 Å². The fourth-order valence-electron chi connectivity index (χ4n) is 1.50. The molecule has 0 fully saturated rings. The second kappa shape index (κ2) is 3.78. The van der Waals surface area contributed by atoms with Gasteiger partial charge in [0, 0.05) is 0 Å². The van der Waals surface area contributed by atoms with Crippen LogP contribution >= 0.6 is 0 Å². The van der Waals surface area contributed by atoms with Crippen LogP contribution in [0.3, 0.4) is 0 Å². The predicted octanol–water partition coefficient (Wildman–Crippen LogP) is 1.83. The van der Waals surface area contributed by atoms with E-state index < -0.39 is 22.3 Å². The topological polar surface area (TPSA) is 103 Å². The lowest BCUT2D eigenvalue weighted by molar-refractivity contribution is -0.383. The second-order valence-electron chi connectivity index (χ2n) is 3.18. The summed E-state index contributed by atoms with van der Waals surface area (Å²) in [5, 5.41) is 20.4. The van der Waals surface area contributed by atoms with Gasteiger partial charge in [0.05, 0.1) is 12.0 Å². The van der Waals surface area contributed by atoms with Gasteiger partial charge in [0.1, 0.15) is 5.39 Å². The molecule has 7 heteroatoms. The molecule has 7 nitrogen and oxygen atoms in total. The Morgan fingerprint density at radius 3 is 2.82 bits per heavy atom. The quantitative estimate of drug-likeness (QED) is 0.485. The van der Waals surface area contributed by atoms with Crippen molar-refractivity contribution >= 4 is 22.6 Å². The number of furan rings is 1. The molecule has 0 saturated carbocycles. The molecule has 0 aliphatic heterocycles. The fraction of sp³-hybridized carbons (Fsp3) is 0.100. The van der Waals surface area contributed by atoms with E-state index in [-0.39, 0.29) is 16.7 Å². The standard InChI is InChI=1S/C10H7NO6/c1-16-10(13)9-7(11(14)15)5-3-2-4-6(12)8(5)17-9/h2-4,12H,1H3. The van der Waals surface area contributed by atoms with Gasteiger partial charge in [-0.25, -0.2) is 4.79 Å². The molecular formula is C10H7NO6. The smallest absolute Gasteiger partial charge is 0.381 e. The van der Waals surface area contributed by atoms with Crippen LogP contribution in [0.15, 0.2) is 22.6 Å². The Balaban J connectivity index is 2.84. The average Bonchev–Trinajstić information content (AvgIpc) is 2.68. The number of methoxy groups -OCH3 is 1. The Kier molecular flexibility index (Phi) is 2.43. The third kappa shape index (κ3) is 1.57. The fourth-order valence-corrected chi connectivity index (χ4v) is 1.50. The zero-order valence-electron chi connectivity index (χ0n) is 8.67. The molecule has 0 atom stereocenters. The minimum absolute atomic E-state index is 0.0513. The molecule has 0 unspecified atom stereocenters. The maximum absolute atomic E-state index is 11.3. The molecule has 0 saturated heterocycles. The first-order valence-electron chi connectivity index (χ1n) is 4.53. The van der Waals surface area contributed by atoms with Crippen molar-refractivity contribution in [1.82, 2.24) is 0 Å². The highest BCUT2D eigenvalue weighted by atomic mass is 16.6. The van der Waals surface area contributed by atoms with Gasteiger partial charge in [0.15, 0.2) is 11.3 Å². The number of benzene rings is 1. The van der Waals surface area contributed by atoms with Gasteiger partial charge in [-0.15, -0.1) is 0 Å². The number of aromatic hydroxyl groups is 1. The third-order valence-electron chi connectivity index (χ3n) is 2.22. The summed E-state index contributed by atoms with van der Waals surface area (Å²) < 4.78 is 9.36. The van der Waals surface area contributed by atoms with E-state index in [1.807, 2.05) is 0 Å². The highest BCUT2D eigenvalue weighted by molar-refractivity contribution is 6.02. The number of carbonyl (C=O) groups excluding carboxylic acids is 1. The van der Waals surface area contributed by atoms with Crippen molar-refractivity contribution in [3.8, 4) is 5.75 Å². The number of ether oxygens (including phenoxy) is 1. The minimum Gasteiger partial charge on any atom is -0.504 e. The van der Waals surface area contributed by atoms with Gasteiger partial charge in [-0.2, -0.15) is 0 Å². The number of carbonyl (C=O) groups is 1. The van der Waals surface area contributed by atoms with Crippen molar-refractivity contribution in [3.63, 3.8) is 0 Å². The van der Waals surface area contributed by atoms with E-state index in [4.69, 9.17) is 4.42 Å². The van der Waals surface area contributed by atoms with E-state index in [1.54, 1.807) is 0 Å². The summed E-state index contributed by atoms with van der Waals surface area (Å²) in [6.45, 7) is 0. The molecular weight excluding hydrogens is 230 g/mol. The van der Waals surface area contributed by atoms with Crippen LogP contribution in [0, 0.1) is 10.1 Å². The van der Waals surface area contributed by atoms with Crippen molar-refractivity contribution in [1.29, 1.82) is 0 Å². The van der Waals surface area contributed by atoms with E-state index in [1.165, 1.54) is 18.2 Å². The summed E-state index contributed by atoms with van der Waals surface area (Å²) in [7, 11) is 1.08. The molecule has 0 amide bonds. The van der Waals surface area contributed by atoms with Crippen LogP contribution in [0.5, 0.6) is 5.75 Å². The monoisotopic (exact) mass is 237 g/mol. The summed E-state index contributed by atoms with van der Waals surface area (Å²) in [5.74, 6) is -1.78. The molecule has 0 aliphatic carbocycles. The maximum Gasteiger partial charge on any atom is 0.381 e. The zero-order valence-corrected chi connectivity index (χ0v) is 8.67. The number of phenols is 1. The number of hydrogen-bond acceptors (Lipinski definition) is 6. The lowest BCUT2D eigenvalue weighted by atomic mass is 10.2. The van der Waals surface area contributed by atoms with Gasteiger partial charge in [-0.3, -0.25) is 10.1 Å². The molecule has 88 valence electrons. The molecule has 0 spiro atoms. The highest BCUT2D eigenvalue weighted by Crippen LogP contribution is 2.37. The van der Waals surface area contributed by atoms with Crippen LogP contribution in [-0.2, 0) is 4.74 Å². The Labute approximate surface area is 94.4 Å². The molecule has 2 aromatic rings. The van der Waals surface area contributed by atoms with Crippen LogP contribution in [0.25, 0.3) is 11.0 Å². The van der Waals surface area contributed by atoms with Gasteiger partial charge in [0.25, 0.3) is 5.76 Å². The van der Waals surface area contributed by atoms with Crippen molar-refractivity contribution in [2.24, 2.45) is 0 Å². The Hall–Kier alpha value is -2.57. The first kappa shape index (κ1) is 10.9. The zero-order chi connectivity index (χ0) is 12.6. The number of nitro groups is 1. The average molecular weight is 237 g/mol. The molecule has 1 heterocycles. The van der Waals surface area contributed by atoms with E-state index in [0.717, 1.165) is 7.11 Å². The lowest BCUT2D eigenvalue weighted by Crippen LogP contribution is -2.02. The van der Waals surface area contributed by atoms with Gasteiger partial charge < -0.3 is 14.3 Å². The van der Waals surface area contributed by atoms with Crippen LogP contribution in [-0.4, -0.2) is 23.1 Å². The highest BCUT2D eigenvalue weighted by Gasteiger charge is 2.31. The molecule has 1 aromatic heterocycles. The van der Waals surface area contributed by atoms with Crippen molar-refractivity contribution in [2.75, 3.05) is 7.11 Å². The molecule has 2 rings (SSSR count). The molecule has 0 aliphatic rings. The van der Waals surface area contributed by atoms with E-state index in [0.29, 0.717) is 0 Å². The Bertz CT molecular complexity index is 615. The van der Waals surface area contributed by atoms with Crippen molar-refractivity contribution < 1.29 is 24.0 Å². The SMILES string of the molecule is COC(=O)c1oc2c(O)cccc2c1[N+](=O)[O-]. The summed E-state index contributed by atoms with van der Waals surface area (Å²) >= 11 is 0. The lowest BCUT2D eigenvalue weighted by Gasteiger charge is -1.92. The number of phenolic OH excluding ortho intramolecular Hbond substituents is 1. The predicted molar refractivity (Wildman–Crippen MR) is 55.9 cm³/mol. The number of nitrogens with zero attached hydrogens (tertiary/aromatic N) is 1. The molecule has 0 radical (unpaired) electrons. The summed E-state index contributed by atoms with van der Waals surface area (Å²) in [6, 6.07) is 4.10. The van der Waals surface area contributed by atoms with E-state index >= 15 is 0 Å². The third-order valence-corrected chi connectivity index (χ3v) is 2.22. The maximum atomic E-state index is 11.3. The second-order valence-corrected chi connectivity index (χ2v) is 3.18. The Morgan fingerprint density at radius 2 is 2.24 bits per heavy atom. The largest absolute Gasteiger partial charge is 0.504 e. The number of para-hydroxylation sites is 1. The number of esters is 1. The minimum atomic E-state index is -0.965. The van der Waals surface area contributed by atoms with Crippen molar-refractivity contribution in [3.05, 3.63) is 34.1 Å². The van der Waals surface area contributed by atoms with E-state index in [9.17, 15) is 20.0 Å². The summed E-state index contributed by atoms with van der Waals surface area (Å²) in [6.07, 6.45) is 0. The van der Waals surface area contributed by atoms with Crippen LogP contribution < -0.4 is 0 Å². The van der Waals surface area contributed by atoms with Crippen LogP contribution in [0.1, 0.15) is 10.6 Å². The van der Waals surface area contributed by atoms with Crippen molar-refractivity contribution in [2.45, 2.75) is 0 Å². The normalized spacial score (nSPS) is 10.4. The molecule has 0 bridgehead atoms. The van der Waals surface area contributed by atoms with Gasteiger partial charge in [-0.05, 0) is 12.1 Å². The van der Waals surface area contributed by atoms with Crippen LogP contribution in [0.4, 0.5) is 5.69 Å². The summed E-state index contributed by atoms with van der Waals surface area (Å²) in [4.78, 5) is 21.4. The van der Waals surface area contributed by atoms with Gasteiger partial charge >= 0.3 is 11.7 Å². The first-order valence-corrected chi connectivity index (χ1v) is 4.53. The molecule has 17 heavy (non-hydrogen) atoms. The van der Waals surface area contributed by atoms with E-state index in [2.05, 4.69) is 4.74 Å². The van der Waals surface area contributed by atoms with Gasteiger partial charge in [0.2, 0.25) is 0 Å². The number of rotatable bonds is 2. The summed E-state index contributed by atoms with van der Waals surface area (Å²) in [5.41, 5.74) is -0.623. The molecule has 1 N–H and O–H groups in total. The number of fused-ring (bicyclic) bond motifs is 1. The van der Waals surface area contributed by atoms with Gasteiger partial charge in [-0.1, -0.05) is 6.07 Å². The first-order chi connectivity index (χ1) is 8.06. The Morgan fingerprint density at radius 1 is 1.53 bits per heavy atom. The number of hydrogen-bond donors (Lipinski definition) is 1.